The van der Waals surface area contributed by atoms with Crippen molar-refractivity contribution in [1.29, 1.82) is 0 Å². The van der Waals surface area contributed by atoms with Gasteiger partial charge < -0.3 is 27.0 Å². The van der Waals surface area contributed by atoms with E-state index in [1.54, 1.807) is 18.2 Å². The Hall–Kier alpha value is -4.41. The van der Waals surface area contributed by atoms with Crippen LogP contribution in [0.1, 0.15) is 58.6 Å². The number of imide groups is 1. The molecule has 3 rings (SSSR count). The number of nitrogens with one attached hydrogen (secondary N) is 1. The van der Waals surface area contributed by atoms with Crippen LogP contribution in [0.15, 0.2) is 47.5 Å². The molecule has 11 nitrogen and oxygen atoms in total. The van der Waals surface area contributed by atoms with Gasteiger partial charge in [0.1, 0.15) is 0 Å². The summed E-state index contributed by atoms with van der Waals surface area (Å²) in [7, 11) is 0. The second-order valence-corrected chi connectivity index (χ2v) is 8.86. The standard InChI is InChI=1S/C26H31N5O6/c27-25(28)29-12-2-1-9-22(32)30-20-8-4-7-19(14-20)23(33)31(26(36)37)15-21(24(34)35)18-11-10-16-5-3-6-17(16)13-18/h4,7-8,10-11,13-14,21H,1-3,5-6,9,12,15H2,(H,30,32)(H,34,35)(H,36,37)(H4,27,28,29). The number of rotatable bonds is 11. The summed E-state index contributed by atoms with van der Waals surface area (Å²) in [6.07, 6.45) is 2.57. The summed E-state index contributed by atoms with van der Waals surface area (Å²) in [4.78, 5) is 53.7. The maximum Gasteiger partial charge on any atom is 0.414 e. The summed E-state index contributed by atoms with van der Waals surface area (Å²) >= 11 is 0. The van der Waals surface area contributed by atoms with Crippen molar-refractivity contribution in [3.05, 3.63) is 64.7 Å². The van der Waals surface area contributed by atoms with Crippen LogP contribution >= 0.6 is 0 Å². The number of hydrogen-bond acceptors (Lipinski definition) is 5. The number of carbonyl (C=O) groups excluding carboxylic acids is 2. The fourth-order valence-electron chi connectivity index (χ4n) is 4.28. The van der Waals surface area contributed by atoms with Gasteiger partial charge in [-0.1, -0.05) is 24.3 Å². The monoisotopic (exact) mass is 509 g/mol. The molecule has 0 fully saturated rings. The van der Waals surface area contributed by atoms with Crippen molar-refractivity contribution < 1.29 is 29.4 Å². The molecule has 0 spiro atoms. The van der Waals surface area contributed by atoms with E-state index in [1.165, 1.54) is 18.2 Å². The van der Waals surface area contributed by atoms with Gasteiger partial charge in [-0.15, -0.1) is 0 Å². The number of anilines is 1. The minimum absolute atomic E-state index is 0.00560. The number of carboxylic acids is 1. The Labute approximate surface area is 214 Å². The molecule has 11 heteroatoms. The molecule has 1 unspecified atom stereocenters. The molecule has 0 aliphatic heterocycles. The summed E-state index contributed by atoms with van der Waals surface area (Å²) in [6.45, 7) is -0.137. The van der Waals surface area contributed by atoms with Gasteiger partial charge in [-0.2, -0.15) is 0 Å². The summed E-state index contributed by atoms with van der Waals surface area (Å²) in [5.74, 6) is -3.62. The lowest BCUT2D eigenvalue weighted by atomic mass is 9.95. The molecular weight excluding hydrogens is 478 g/mol. The fourth-order valence-corrected chi connectivity index (χ4v) is 4.28. The molecular formula is C26H31N5O6. The van der Waals surface area contributed by atoms with E-state index in [1.807, 2.05) is 6.07 Å². The van der Waals surface area contributed by atoms with Crippen molar-refractivity contribution in [3.8, 4) is 0 Å². The molecule has 196 valence electrons. The first kappa shape index (κ1) is 27.2. The zero-order chi connectivity index (χ0) is 26.9. The van der Waals surface area contributed by atoms with Gasteiger partial charge in [0.2, 0.25) is 5.91 Å². The molecule has 0 bridgehead atoms. The Bertz CT molecular complexity index is 1210. The zero-order valence-electron chi connectivity index (χ0n) is 20.4. The third-order valence-electron chi connectivity index (χ3n) is 6.16. The molecule has 0 saturated carbocycles. The lowest BCUT2D eigenvalue weighted by molar-refractivity contribution is -0.139. The number of aliphatic imine (C=N–C) groups is 1. The number of unbranched alkanes of at least 4 members (excludes halogenated alkanes) is 1. The highest BCUT2D eigenvalue weighted by molar-refractivity contribution is 6.04. The Morgan fingerprint density at radius 2 is 1.76 bits per heavy atom. The van der Waals surface area contributed by atoms with Crippen LogP contribution < -0.4 is 16.8 Å². The summed E-state index contributed by atoms with van der Waals surface area (Å²) in [5, 5.41) is 22.3. The Balaban J connectivity index is 1.69. The molecule has 1 atom stereocenters. The van der Waals surface area contributed by atoms with E-state index >= 15 is 0 Å². The highest BCUT2D eigenvalue weighted by Crippen LogP contribution is 2.27. The Morgan fingerprint density at radius 1 is 1.00 bits per heavy atom. The van der Waals surface area contributed by atoms with Crippen LogP contribution in [0, 0.1) is 0 Å². The summed E-state index contributed by atoms with van der Waals surface area (Å²) < 4.78 is 0. The first-order valence-corrected chi connectivity index (χ1v) is 12.0. The number of nitrogens with zero attached hydrogens (tertiary/aromatic N) is 2. The molecule has 1 aliphatic carbocycles. The molecule has 0 saturated heterocycles. The SMILES string of the molecule is NC(N)=NCCCCC(=O)Nc1cccc(C(=O)N(CC(C(=O)O)c2ccc3c(c2)CCC3)C(=O)O)c1. The van der Waals surface area contributed by atoms with Gasteiger partial charge in [-0.3, -0.25) is 19.4 Å². The lowest BCUT2D eigenvalue weighted by Gasteiger charge is -2.22. The molecule has 7 N–H and O–H groups in total. The van der Waals surface area contributed by atoms with Crippen molar-refractivity contribution in [2.75, 3.05) is 18.4 Å². The topological polar surface area (TPSA) is 188 Å². The zero-order valence-corrected chi connectivity index (χ0v) is 20.4. The van der Waals surface area contributed by atoms with Crippen LogP contribution in [0.25, 0.3) is 0 Å². The summed E-state index contributed by atoms with van der Waals surface area (Å²) in [6, 6.07) is 11.2. The molecule has 0 heterocycles. The average Bonchev–Trinajstić information content (AvgIpc) is 3.31. The summed E-state index contributed by atoms with van der Waals surface area (Å²) in [5.41, 5.74) is 13.5. The highest BCUT2D eigenvalue weighted by Gasteiger charge is 2.31. The number of nitrogens with two attached hydrogens (primary N) is 2. The highest BCUT2D eigenvalue weighted by atomic mass is 16.4. The van der Waals surface area contributed by atoms with Crippen LogP contribution in [0.3, 0.4) is 0 Å². The van der Waals surface area contributed by atoms with Crippen molar-refractivity contribution in [1.82, 2.24) is 4.90 Å². The minimum Gasteiger partial charge on any atom is -0.481 e. The van der Waals surface area contributed by atoms with Gasteiger partial charge in [0.05, 0.1) is 5.92 Å². The van der Waals surface area contributed by atoms with E-state index in [2.05, 4.69) is 10.3 Å². The predicted molar refractivity (Wildman–Crippen MR) is 138 cm³/mol. The number of fused-ring (bicyclic) bond motifs is 1. The third kappa shape index (κ3) is 7.53. The molecule has 1 aliphatic rings. The first-order valence-electron chi connectivity index (χ1n) is 12.0. The van der Waals surface area contributed by atoms with Gasteiger partial charge in [0.15, 0.2) is 5.96 Å². The molecule has 37 heavy (non-hydrogen) atoms. The number of amides is 3. The molecule has 2 aromatic carbocycles. The van der Waals surface area contributed by atoms with Crippen LogP contribution in [0.4, 0.5) is 10.5 Å². The van der Waals surface area contributed by atoms with Gasteiger partial charge in [-0.25, -0.2) is 9.69 Å². The van der Waals surface area contributed by atoms with Crippen LogP contribution in [-0.2, 0) is 22.4 Å². The fraction of sp³-hybridized carbons (Fsp3) is 0.346. The smallest absolute Gasteiger partial charge is 0.414 e. The van der Waals surface area contributed by atoms with Crippen molar-refractivity contribution in [2.45, 2.75) is 44.4 Å². The number of guanidine groups is 1. The first-order chi connectivity index (χ1) is 17.7. The van der Waals surface area contributed by atoms with Crippen LogP contribution in [0.5, 0.6) is 0 Å². The number of hydrogen-bond donors (Lipinski definition) is 5. The van der Waals surface area contributed by atoms with Gasteiger partial charge in [0, 0.05) is 30.8 Å². The van der Waals surface area contributed by atoms with Gasteiger partial charge >= 0.3 is 12.1 Å². The quantitative estimate of drug-likeness (QED) is 0.173. The largest absolute Gasteiger partial charge is 0.481 e. The van der Waals surface area contributed by atoms with E-state index in [-0.39, 0.29) is 23.9 Å². The van der Waals surface area contributed by atoms with Crippen molar-refractivity contribution in [2.24, 2.45) is 16.5 Å². The lowest BCUT2D eigenvalue weighted by Crippen LogP contribution is -2.40. The van der Waals surface area contributed by atoms with Gasteiger partial charge in [0.25, 0.3) is 5.91 Å². The number of aryl methyl sites for hydroxylation is 2. The number of aliphatic carboxylic acids is 1. The van der Waals surface area contributed by atoms with Crippen molar-refractivity contribution in [3.63, 3.8) is 0 Å². The van der Waals surface area contributed by atoms with E-state index in [0.29, 0.717) is 35.5 Å². The molecule has 3 amide bonds. The number of carbonyl (C=O) groups is 4. The maximum absolute atomic E-state index is 13.1. The third-order valence-corrected chi connectivity index (χ3v) is 6.16. The second-order valence-electron chi connectivity index (χ2n) is 8.86. The van der Waals surface area contributed by atoms with Crippen LogP contribution in [0.2, 0.25) is 0 Å². The Kier molecular flexibility index (Phi) is 9.20. The van der Waals surface area contributed by atoms with E-state index in [4.69, 9.17) is 11.5 Å². The number of carboxylic acid groups (broad SMARTS) is 2. The number of benzene rings is 2. The van der Waals surface area contributed by atoms with Gasteiger partial charge in [-0.05, 0) is 67.0 Å². The average molecular weight is 510 g/mol. The van der Waals surface area contributed by atoms with E-state index in [9.17, 15) is 29.4 Å². The predicted octanol–water partition coefficient (Wildman–Crippen LogP) is 2.55. The Morgan fingerprint density at radius 3 is 2.46 bits per heavy atom. The van der Waals surface area contributed by atoms with E-state index in [0.717, 1.165) is 30.4 Å². The molecule has 0 radical (unpaired) electrons. The normalized spacial score (nSPS) is 12.8. The van der Waals surface area contributed by atoms with Crippen LogP contribution in [-0.4, -0.2) is 58.0 Å². The minimum atomic E-state index is -1.56. The molecule has 0 aromatic heterocycles. The van der Waals surface area contributed by atoms with Crippen molar-refractivity contribution >= 4 is 35.5 Å². The second kappa shape index (κ2) is 12.5. The van der Waals surface area contributed by atoms with E-state index < -0.39 is 30.4 Å². The maximum atomic E-state index is 13.1. The molecule has 2 aromatic rings.